The summed E-state index contributed by atoms with van der Waals surface area (Å²) in [4.78, 5) is 17.9. The third-order valence-electron chi connectivity index (χ3n) is 3.53. The maximum atomic E-state index is 12.1. The second-order valence-corrected chi connectivity index (χ2v) is 5.22. The monoisotopic (exact) mass is 260 g/mol. The Morgan fingerprint density at radius 3 is 2.74 bits per heavy atom. The lowest BCUT2D eigenvalue weighted by Crippen LogP contribution is -2.28. The Morgan fingerprint density at radius 1 is 1.37 bits per heavy atom. The summed E-state index contributed by atoms with van der Waals surface area (Å²) in [5, 5.41) is 0. The number of likely N-dealkylation sites (tertiary alicyclic amines) is 1. The van der Waals surface area contributed by atoms with Crippen molar-refractivity contribution < 1.29 is 4.79 Å². The van der Waals surface area contributed by atoms with Gasteiger partial charge in [-0.3, -0.25) is 4.79 Å². The number of nitrogens with zero attached hydrogens (tertiary/aromatic N) is 2. The molecule has 1 fully saturated rings. The van der Waals surface area contributed by atoms with Crippen LogP contribution in [0.3, 0.4) is 0 Å². The third-order valence-corrected chi connectivity index (χ3v) is 3.53. The van der Waals surface area contributed by atoms with Crippen molar-refractivity contribution in [1.82, 2.24) is 4.90 Å². The molecule has 0 aromatic heterocycles. The first-order valence-corrected chi connectivity index (χ1v) is 6.36. The smallest absolute Gasteiger partial charge is 0.253 e. The summed E-state index contributed by atoms with van der Waals surface area (Å²) in [7, 11) is 2.01. The van der Waals surface area contributed by atoms with E-state index in [2.05, 4.69) is 35.0 Å². The van der Waals surface area contributed by atoms with Gasteiger partial charge in [0.1, 0.15) is 0 Å². The van der Waals surface area contributed by atoms with Crippen LogP contribution in [0.5, 0.6) is 0 Å². The quantitative estimate of drug-likeness (QED) is 0.597. The molecular weight excluding hydrogens is 240 g/mol. The standard InChI is InChI=1S/C14H20N4O/c1-9-4-3-5-10(6-9)11-7-18(2)8-12(11)13(19)17-14(15)16/h3-6,11-12H,7-8H2,1-2H3,(H4,15,16,17,19)/t11-,12+/m0/s1. The summed E-state index contributed by atoms with van der Waals surface area (Å²) >= 11 is 0. The van der Waals surface area contributed by atoms with E-state index in [4.69, 9.17) is 11.5 Å². The molecule has 5 heteroatoms. The maximum absolute atomic E-state index is 12.1. The third kappa shape index (κ3) is 3.12. The van der Waals surface area contributed by atoms with Gasteiger partial charge in [-0.1, -0.05) is 29.8 Å². The summed E-state index contributed by atoms with van der Waals surface area (Å²) in [6, 6.07) is 8.26. The van der Waals surface area contributed by atoms with E-state index >= 15 is 0 Å². The van der Waals surface area contributed by atoms with Crippen molar-refractivity contribution in [2.75, 3.05) is 20.1 Å². The van der Waals surface area contributed by atoms with Crippen molar-refractivity contribution in [3.05, 3.63) is 35.4 Å². The predicted molar refractivity (Wildman–Crippen MR) is 75.7 cm³/mol. The highest BCUT2D eigenvalue weighted by molar-refractivity contribution is 5.93. The lowest BCUT2D eigenvalue weighted by atomic mass is 9.88. The summed E-state index contributed by atoms with van der Waals surface area (Å²) in [6.07, 6.45) is 0. The molecule has 0 saturated carbocycles. The zero-order valence-electron chi connectivity index (χ0n) is 11.3. The van der Waals surface area contributed by atoms with Crippen LogP contribution in [-0.2, 0) is 4.79 Å². The zero-order chi connectivity index (χ0) is 14.0. The van der Waals surface area contributed by atoms with Gasteiger partial charge in [0.15, 0.2) is 5.96 Å². The lowest BCUT2D eigenvalue weighted by Gasteiger charge is -2.16. The summed E-state index contributed by atoms with van der Waals surface area (Å²) < 4.78 is 0. The number of likely N-dealkylation sites (N-methyl/N-ethyl adjacent to an activating group) is 1. The van der Waals surface area contributed by atoms with Gasteiger partial charge in [-0.25, -0.2) is 0 Å². The van der Waals surface area contributed by atoms with Crippen LogP contribution < -0.4 is 11.5 Å². The molecule has 0 unspecified atom stereocenters. The molecule has 0 spiro atoms. The van der Waals surface area contributed by atoms with E-state index in [0.717, 1.165) is 6.54 Å². The number of nitrogens with two attached hydrogens (primary N) is 2. The van der Waals surface area contributed by atoms with Crippen molar-refractivity contribution in [1.29, 1.82) is 0 Å². The minimum Gasteiger partial charge on any atom is -0.370 e. The van der Waals surface area contributed by atoms with Gasteiger partial charge in [-0.05, 0) is 19.5 Å². The fourth-order valence-electron chi connectivity index (χ4n) is 2.70. The first kappa shape index (κ1) is 13.5. The molecule has 2 rings (SSSR count). The molecule has 0 aliphatic carbocycles. The fourth-order valence-corrected chi connectivity index (χ4v) is 2.70. The number of rotatable bonds is 2. The van der Waals surface area contributed by atoms with Crippen molar-refractivity contribution in [3.63, 3.8) is 0 Å². The van der Waals surface area contributed by atoms with E-state index in [9.17, 15) is 4.79 Å². The van der Waals surface area contributed by atoms with E-state index in [1.807, 2.05) is 13.1 Å². The normalized spacial score (nSPS) is 23.3. The molecule has 1 aliphatic rings. The van der Waals surface area contributed by atoms with Crippen LogP contribution in [0.25, 0.3) is 0 Å². The molecule has 0 bridgehead atoms. The Balaban J connectivity index is 2.27. The first-order chi connectivity index (χ1) is 8.97. The van der Waals surface area contributed by atoms with Gasteiger partial charge in [0.25, 0.3) is 5.91 Å². The number of carbonyl (C=O) groups excluding carboxylic acids is 1. The second kappa shape index (κ2) is 5.40. The zero-order valence-corrected chi connectivity index (χ0v) is 11.3. The van der Waals surface area contributed by atoms with E-state index in [1.165, 1.54) is 11.1 Å². The average Bonchev–Trinajstić information content (AvgIpc) is 2.70. The van der Waals surface area contributed by atoms with E-state index in [1.54, 1.807) is 0 Å². The molecule has 2 atom stereocenters. The molecule has 1 aliphatic heterocycles. The largest absolute Gasteiger partial charge is 0.370 e. The van der Waals surface area contributed by atoms with Gasteiger partial charge in [0.2, 0.25) is 0 Å². The van der Waals surface area contributed by atoms with Crippen molar-refractivity contribution >= 4 is 11.9 Å². The Labute approximate surface area is 113 Å². The van der Waals surface area contributed by atoms with Crippen LogP contribution >= 0.6 is 0 Å². The van der Waals surface area contributed by atoms with E-state index < -0.39 is 0 Å². The van der Waals surface area contributed by atoms with Crippen LogP contribution in [0, 0.1) is 12.8 Å². The number of amides is 1. The summed E-state index contributed by atoms with van der Waals surface area (Å²) in [6.45, 7) is 3.59. The maximum Gasteiger partial charge on any atom is 0.253 e. The number of benzene rings is 1. The second-order valence-electron chi connectivity index (χ2n) is 5.22. The van der Waals surface area contributed by atoms with Crippen LogP contribution in [0.15, 0.2) is 29.3 Å². The number of guanidine groups is 1. The molecule has 1 amide bonds. The molecule has 19 heavy (non-hydrogen) atoms. The van der Waals surface area contributed by atoms with Gasteiger partial charge in [0, 0.05) is 19.0 Å². The van der Waals surface area contributed by atoms with Crippen LogP contribution in [0.2, 0.25) is 0 Å². The van der Waals surface area contributed by atoms with Crippen molar-refractivity contribution in [2.24, 2.45) is 22.4 Å². The van der Waals surface area contributed by atoms with E-state index in [-0.39, 0.29) is 23.7 Å². The fraction of sp³-hybridized carbons (Fsp3) is 0.429. The Hall–Kier alpha value is -1.88. The van der Waals surface area contributed by atoms with Gasteiger partial charge in [-0.15, -0.1) is 0 Å². The SMILES string of the molecule is Cc1cccc([C@@H]2CN(C)C[C@H]2C(=O)N=C(N)N)c1. The van der Waals surface area contributed by atoms with Gasteiger partial charge < -0.3 is 16.4 Å². The van der Waals surface area contributed by atoms with Gasteiger partial charge in [0.05, 0.1) is 5.92 Å². The molecule has 4 N–H and O–H groups in total. The molecule has 1 aromatic rings. The Bertz CT molecular complexity index is 508. The van der Waals surface area contributed by atoms with Gasteiger partial charge >= 0.3 is 0 Å². The number of carbonyl (C=O) groups is 1. The average molecular weight is 260 g/mol. The molecule has 1 heterocycles. The topological polar surface area (TPSA) is 84.7 Å². The predicted octanol–water partition coefficient (Wildman–Crippen LogP) is 0.440. The molecule has 5 nitrogen and oxygen atoms in total. The highest BCUT2D eigenvalue weighted by Gasteiger charge is 2.36. The van der Waals surface area contributed by atoms with E-state index in [0.29, 0.717) is 6.54 Å². The summed E-state index contributed by atoms with van der Waals surface area (Å²) in [5.41, 5.74) is 13.0. The Kier molecular flexibility index (Phi) is 3.85. The molecule has 0 radical (unpaired) electrons. The van der Waals surface area contributed by atoms with Crippen LogP contribution in [-0.4, -0.2) is 36.9 Å². The first-order valence-electron chi connectivity index (χ1n) is 6.36. The number of aryl methyl sites for hydroxylation is 1. The number of hydrogen-bond donors (Lipinski definition) is 2. The molecular formula is C14H20N4O. The summed E-state index contributed by atoms with van der Waals surface area (Å²) in [5.74, 6) is -0.409. The van der Waals surface area contributed by atoms with Crippen molar-refractivity contribution in [2.45, 2.75) is 12.8 Å². The highest BCUT2D eigenvalue weighted by atomic mass is 16.1. The number of hydrogen-bond acceptors (Lipinski definition) is 2. The number of aliphatic imine (C=N–C) groups is 1. The van der Waals surface area contributed by atoms with Crippen LogP contribution in [0.1, 0.15) is 17.0 Å². The minimum absolute atomic E-state index is 0.153. The van der Waals surface area contributed by atoms with Crippen LogP contribution in [0.4, 0.5) is 0 Å². The lowest BCUT2D eigenvalue weighted by molar-refractivity contribution is -0.121. The Morgan fingerprint density at radius 2 is 2.11 bits per heavy atom. The van der Waals surface area contributed by atoms with Crippen molar-refractivity contribution in [3.8, 4) is 0 Å². The van der Waals surface area contributed by atoms with Gasteiger partial charge in [-0.2, -0.15) is 4.99 Å². The highest BCUT2D eigenvalue weighted by Crippen LogP contribution is 2.33. The minimum atomic E-state index is -0.226. The molecule has 1 saturated heterocycles. The molecule has 1 aromatic carbocycles. The molecule has 102 valence electrons.